The molecule has 1 aliphatic rings. The van der Waals surface area contributed by atoms with Crippen LogP contribution < -0.4 is 4.74 Å². The van der Waals surface area contributed by atoms with Crippen LogP contribution in [0.3, 0.4) is 0 Å². The molecule has 2 atom stereocenters. The standard InChI is InChI=1S/C14H14F3NO5/c1-8-6-18(7-11(22-8)13(20)21)12(19)9-3-2-4-10(5-9)23-14(15,16)17/h2-5,8,11H,6-7H2,1H3,(H,20,21)/t8-,11?/m1/s1. The van der Waals surface area contributed by atoms with E-state index in [1.165, 1.54) is 17.0 Å². The number of hydrogen-bond donors (Lipinski definition) is 1. The van der Waals surface area contributed by atoms with Crippen molar-refractivity contribution in [2.75, 3.05) is 13.1 Å². The summed E-state index contributed by atoms with van der Waals surface area (Å²) in [5.74, 6) is -2.30. The predicted octanol–water partition coefficient (Wildman–Crippen LogP) is 1.90. The van der Waals surface area contributed by atoms with Gasteiger partial charge in [0.1, 0.15) is 5.75 Å². The van der Waals surface area contributed by atoms with E-state index in [2.05, 4.69) is 4.74 Å². The molecule has 0 radical (unpaired) electrons. The summed E-state index contributed by atoms with van der Waals surface area (Å²) in [7, 11) is 0. The smallest absolute Gasteiger partial charge is 0.479 e. The van der Waals surface area contributed by atoms with Gasteiger partial charge >= 0.3 is 12.3 Å². The van der Waals surface area contributed by atoms with Gasteiger partial charge in [0.15, 0.2) is 6.10 Å². The van der Waals surface area contributed by atoms with Crippen LogP contribution in [-0.4, -0.2) is 53.5 Å². The summed E-state index contributed by atoms with van der Waals surface area (Å²) in [6.45, 7) is 1.58. The fraction of sp³-hybridized carbons (Fsp3) is 0.429. The van der Waals surface area contributed by atoms with Crippen molar-refractivity contribution < 1.29 is 37.3 Å². The molecule has 1 aromatic rings. The van der Waals surface area contributed by atoms with Gasteiger partial charge in [0.2, 0.25) is 0 Å². The molecule has 1 aromatic carbocycles. The van der Waals surface area contributed by atoms with E-state index >= 15 is 0 Å². The SMILES string of the molecule is C[C@@H]1CN(C(=O)c2cccc(OC(F)(F)F)c2)CC(C(=O)O)O1. The summed E-state index contributed by atoms with van der Waals surface area (Å²) < 4.78 is 45.6. The van der Waals surface area contributed by atoms with Gasteiger partial charge in [0.25, 0.3) is 5.91 Å². The molecule has 0 spiro atoms. The highest BCUT2D eigenvalue weighted by Crippen LogP contribution is 2.24. The van der Waals surface area contributed by atoms with Gasteiger partial charge in [0.05, 0.1) is 12.6 Å². The number of benzene rings is 1. The van der Waals surface area contributed by atoms with Crippen LogP contribution >= 0.6 is 0 Å². The van der Waals surface area contributed by atoms with Crippen molar-refractivity contribution in [3.05, 3.63) is 29.8 Å². The van der Waals surface area contributed by atoms with Gasteiger partial charge in [-0.15, -0.1) is 13.2 Å². The summed E-state index contributed by atoms with van der Waals surface area (Å²) in [6, 6.07) is 4.63. The lowest BCUT2D eigenvalue weighted by Crippen LogP contribution is -2.51. The van der Waals surface area contributed by atoms with E-state index in [0.717, 1.165) is 12.1 Å². The number of amides is 1. The Bertz CT molecular complexity index is 604. The molecule has 1 saturated heterocycles. The molecule has 9 heteroatoms. The summed E-state index contributed by atoms with van der Waals surface area (Å²) in [5, 5.41) is 8.99. The Labute approximate surface area is 129 Å². The molecule has 0 bridgehead atoms. The van der Waals surface area contributed by atoms with Crippen molar-refractivity contribution in [1.29, 1.82) is 0 Å². The second-order valence-electron chi connectivity index (χ2n) is 5.06. The zero-order valence-corrected chi connectivity index (χ0v) is 12.0. The van der Waals surface area contributed by atoms with Gasteiger partial charge in [-0.25, -0.2) is 4.79 Å². The first-order valence-corrected chi connectivity index (χ1v) is 6.69. The van der Waals surface area contributed by atoms with Crippen LogP contribution in [-0.2, 0) is 9.53 Å². The van der Waals surface area contributed by atoms with Crippen molar-refractivity contribution in [3.63, 3.8) is 0 Å². The minimum atomic E-state index is -4.86. The first kappa shape index (κ1) is 17.1. The number of carbonyl (C=O) groups is 2. The molecule has 1 heterocycles. The van der Waals surface area contributed by atoms with Crippen LogP contribution in [0.1, 0.15) is 17.3 Å². The minimum Gasteiger partial charge on any atom is -0.479 e. The number of morpholine rings is 1. The lowest BCUT2D eigenvalue weighted by molar-refractivity contribution is -0.274. The summed E-state index contributed by atoms with van der Waals surface area (Å²) in [5.41, 5.74) is -0.0232. The Kier molecular flexibility index (Phi) is 4.79. The van der Waals surface area contributed by atoms with Gasteiger partial charge in [-0.05, 0) is 25.1 Å². The molecule has 1 unspecified atom stereocenters. The van der Waals surface area contributed by atoms with E-state index in [1.54, 1.807) is 6.92 Å². The Hall–Kier alpha value is -2.29. The number of carbonyl (C=O) groups excluding carboxylic acids is 1. The molecule has 6 nitrogen and oxygen atoms in total. The lowest BCUT2D eigenvalue weighted by Gasteiger charge is -2.35. The quantitative estimate of drug-likeness (QED) is 0.914. The first-order valence-electron chi connectivity index (χ1n) is 6.69. The number of aliphatic carboxylic acids is 1. The molecule has 0 saturated carbocycles. The number of halogens is 3. The topological polar surface area (TPSA) is 76.1 Å². The van der Waals surface area contributed by atoms with Gasteiger partial charge in [-0.2, -0.15) is 0 Å². The van der Waals surface area contributed by atoms with Crippen LogP contribution in [0, 0.1) is 0 Å². The largest absolute Gasteiger partial charge is 0.573 e. The Morgan fingerprint density at radius 1 is 1.35 bits per heavy atom. The summed E-state index contributed by atoms with van der Waals surface area (Å²) in [6.07, 6.45) is -6.52. The van der Waals surface area contributed by atoms with Crippen molar-refractivity contribution in [3.8, 4) is 5.75 Å². The summed E-state index contributed by atoms with van der Waals surface area (Å²) in [4.78, 5) is 24.6. The monoisotopic (exact) mass is 333 g/mol. The maximum absolute atomic E-state index is 12.4. The Balaban J connectivity index is 2.16. The minimum absolute atomic E-state index is 0.0232. The van der Waals surface area contributed by atoms with Gasteiger partial charge < -0.3 is 19.5 Å². The average Bonchev–Trinajstić information content (AvgIpc) is 2.44. The van der Waals surface area contributed by atoms with Gasteiger partial charge in [0, 0.05) is 12.1 Å². The third kappa shape index (κ3) is 4.59. The van der Waals surface area contributed by atoms with Crippen molar-refractivity contribution in [1.82, 2.24) is 4.90 Å². The fourth-order valence-electron chi connectivity index (χ4n) is 2.26. The lowest BCUT2D eigenvalue weighted by atomic mass is 10.1. The molecular formula is C14H14F3NO5. The number of ether oxygens (including phenoxy) is 2. The third-order valence-corrected chi connectivity index (χ3v) is 3.14. The van der Waals surface area contributed by atoms with Crippen LogP contribution in [0.4, 0.5) is 13.2 Å². The van der Waals surface area contributed by atoms with Crippen LogP contribution in [0.2, 0.25) is 0 Å². The second kappa shape index (κ2) is 6.45. The predicted molar refractivity (Wildman–Crippen MR) is 71.0 cm³/mol. The summed E-state index contributed by atoms with van der Waals surface area (Å²) >= 11 is 0. The molecule has 2 rings (SSSR count). The molecule has 0 aromatic heterocycles. The maximum atomic E-state index is 12.4. The molecule has 1 fully saturated rings. The number of rotatable bonds is 3. The average molecular weight is 333 g/mol. The van der Waals surface area contributed by atoms with Crippen molar-refractivity contribution in [2.24, 2.45) is 0 Å². The molecule has 23 heavy (non-hydrogen) atoms. The van der Waals surface area contributed by atoms with E-state index in [1.807, 2.05) is 0 Å². The zero-order valence-electron chi connectivity index (χ0n) is 12.0. The number of carboxylic acids is 1. The molecule has 1 amide bonds. The number of nitrogens with zero attached hydrogens (tertiary/aromatic N) is 1. The Morgan fingerprint density at radius 2 is 2.04 bits per heavy atom. The van der Waals surface area contributed by atoms with Gasteiger partial charge in [-0.1, -0.05) is 6.07 Å². The maximum Gasteiger partial charge on any atom is 0.573 e. The van der Waals surface area contributed by atoms with E-state index in [9.17, 15) is 22.8 Å². The highest BCUT2D eigenvalue weighted by molar-refractivity contribution is 5.95. The molecule has 1 N–H and O–H groups in total. The zero-order chi connectivity index (χ0) is 17.2. The van der Waals surface area contributed by atoms with E-state index in [4.69, 9.17) is 9.84 Å². The molecular weight excluding hydrogens is 319 g/mol. The molecule has 1 aliphatic heterocycles. The Morgan fingerprint density at radius 3 is 2.65 bits per heavy atom. The van der Waals surface area contributed by atoms with Crippen LogP contribution in [0.25, 0.3) is 0 Å². The number of carboxylic acid groups (broad SMARTS) is 1. The van der Waals surface area contributed by atoms with E-state index < -0.39 is 36.2 Å². The van der Waals surface area contributed by atoms with E-state index in [-0.39, 0.29) is 18.7 Å². The van der Waals surface area contributed by atoms with Gasteiger partial charge in [-0.3, -0.25) is 4.79 Å². The van der Waals surface area contributed by atoms with Crippen molar-refractivity contribution in [2.45, 2.75) is 25.5 Å². The first-order chi connectivity index (χ1) is 10.7. The van der Waals surface area contributed by atoms with Crippen LogP contribution in [0.15, 0.2) is 24.3 Å². The van der Waals surface area contributed by atoms with Crippen molar-refractivity contribution >= 4 is 11.9 Å². The highest BCUT2D eigenvalue weighted by atomic mass is 19.4. The van der Waals surface area contributed by atoms with E-state index in [0.29, 0.717) is 0 Å². The molecule has 0 aliphatic carbocycles. The second-order valence-corrected chi connectivity index (χ2v) is 5.06. The third-order valence-electron chi connectivity index (χ3n) is 3.14. The number of alkyl halides is 3. The normalized spacial score (nSPS) is 21.8. The highest BCUT2D eigenvalue weighted by Gasteiger charge is 2.34. The number of hydrogen-bond acceptors (Lipinski definition) is 4. The molecule has 126 valence electrons. The van der Waals surface area contributed by atoms with Crippen LogP contribution in [0.5, 0.6) is 5.75 Å². The fourth-order valence-corrected chi connectivity index (χ4v) is 2.26.